The molecular weight excluding hydrogens is 294 g/mol. The number of benzene rings is 1. The molecule has 1 aliphatic rings. The third kappa shape index (κ3) is 3.64. The minimum absolute atomic E-state index is 0.214. The average Bonchev–Trinajstić information content (AvgIpc) is 2.90. The lowest BCUT2D eigenvalue weighted by Gasteiger charge is -2.35. The molecule has 124 valence electrons. The number of fused-ring (bicyclic) bond motifs is 1. The van der Waals surface area contributed by atoms with Crippen LogP contribution in [0.4, 0.5) is 0 Å². The molecule has 2 aromatic rings. The van der Waals surface area contributed by atoms with E-state index in [-0.39, 0.29) is 12.3 Å². The van der Waals surface area contributed by atoms with Crippen molar-refractivity contribution < 1.29 is 14.6 Å². The molecule has 1 fully saturated rings. The lowest BCUT2D eigenvalue weighted by atomic mass is 9.81. The third-order valence-electron chi connectivity index (χ3n) is 4.72. The second kappa shape index (κ2) is 6.58. The number of methoxy groups -OCH3 is 1. The zero-order valence-corrected chi connectivity index (χ0v) is 13.6. The molecule has 6 heteroatoms. The van der Waals surface area contributed by atoms with Crippen molar-refractivity contribution in [3.05, 3.63) is 24.0 Å². The van der Waals surface area contributed by atoms with Crippen LogP contribution in [-0.4, -0.2) is 53.2 Å². The van der Waals surface area contributed by atoms with Gasteiger partial charge in [0, 0.05) is 25.5 Å². The number of carboxylic acid groups (broad SMARTS) is 1. The topological polar surface area (TPSA) is 78.4 Å². The van der Waals surface area contributed by atoms with Crippen molar-refractivity contribution in [2.75, 3.05) is 27.2 Å². The summed E-state index contributed by atoms with van der Waals surface area (Å²) < 4.78 is 5.24. The summed E-state index contributed by atoms with van der Waals surface area (Å²) in [4.78, 5) is 21.4. The predicted molar refractivity (Wildman–Crippen MR) is 87.7 cm³/mol. The fourth-order valence-electron chi connectivity index (χ4n) is 3.50. The van der Waals surface area contributed by atoms with Gasteiger partial charge in [0.15, 0.2) is 0 Å². The van der Waals surface area contributed by atoms with Crippen LogP contribution in [0.5, 0.6) is 5.75 Å². The van der Waals surface area contributed by atoms with Crippen LogP contribution in [0.15, 0.2) is 18.2 Å². The maximum Gasteiger partial charge on any atom is 0.303 e. The Labute approximate surface area is 135 Å². The maximum atomic E-state index is 11.1. The second-order valence-electron chi connectivity index (χ2n) is 6.44. The van der Waals surface area contributed by atoms with Crippen LogP contribution in [0.1, 0.15) is 18.7 Å². The molecule has 0 radical (unpaired) electrons. The number of piperidine rings is 1. The molecule has 0 unspecified atom stereocenters. The van der Waals surface area contributed by atoms with Crippen molar-refractivity contribution in [3.8, 4) is 5.75 Å². The van der Waals surface area contributed by atoms with Gasteiger partial charge in [-0.25, -0.2) is 4.98 Å². The molecule has 1 aromatic heterocycles. The van der Waals surface area contributed by atoms with Gasteiger partial charge in [-0.05, 0) is 44.0 Å². The lowest BCUT2D eigenvalue weighted by Crippen LogP contribution is -2.40. The molecule has 0 aliphatic carbocycles. The zero-order valence-electron chi connectivity index (χ0n) is 13.6. The van der Waals surface area contributed by atoms with Gasteiger partial charge in [0.25, 0.3) is 0 Å². The molecule has 0 saturated carbocycles. The Morgan fingerprint density at radius 3 is 3.04 bits per heavy atom. The maximum absolute atomic E-state index is 11.1. The number of aliphatic carboxylic acids is 1. The van der Waals surface area contributed by atoms with E-state index >= 15 is 0 Å². The van der Waals surface area contributed by atoms with Gasteiger partial charge < -0.3 is 19.7 Å². The molecule has 23 heavy (non-hydrogen) atoms. The van der Waals surface area contributed by atoms with Crippen LogP contribution in [0, 0.1) is 11.8 Å². The third-order valence-corrected chi connectivity index (χ3v) is 4.72. The van der Waals surface area contributed by atoms with Gasteiger partial charge in [-0.3, -0.25) is 4.79 Å². The Hall–Kier alpha value is -2.08. The van der Waals surface area contributed by atoms with E-state index in [2.05, 4.69) is 21.9 Å². The van der Waals surface area contributed by atoms with Crippen LogP contribution in [0.2, 0.25) is 0 Å². The smallest absolute Gasteiger partial charge is 0.303 e. The first-order valence-corrected chi connectivity index (χ1v) is 7.98. The average molecular weight is 317 g/mol. The van der Waals surface area contributed by atoms with Gasteiger partial charge in [-0.2, -0.15) is 0 Å². The number of nitrogens with zero attached hydrogens (tertiary/aromatic N) is 2. The minimum Gasteiger partial charge on any atom is -0.497 e. The molecule has 2 atom stereocenters. The van der Waals surface area contributed by atoms with Crippen molar-refractivity contribution in [2.45, 2.75) is 19.3 Å². The van der Waals surface area contributed by atoms with E-state index in [0.717, 1.165) is 48.5 Å². The fourth-order valence-corrected chi connectivity index (χ4v) is 3.50. The Kier molecular flexibility index (Phi) is 4.52. The standard InChI is InChI=1S/C17H23N3O3/c1-20-6-5-11(8-17(21)22)12(10-20)7-16-18-14-4-3-13(23-2)9-15(14)19-16/h3-4,9,11-12H,5-8,10H2,1-2H3,(H,18,19)(H,21,22)/t11-,12-/m0/s1. The number of rotatable bonds is 5. The number of nitrogens with one attached hydrogen (secondary N) is 1. The van der Waals surface area contributed by atoms with Gasteiger partial charge in [0.05, 0.1) is 18.1 Å². The van der Waals surface area contributed by atoms with Gasteiger partial charge in [-0.15, -0.1) is 0 Å². The Balaban J connectivity index is 1.79. The van der Waals surface area contributed by atoms with Crippen molar-refractivity contribution in [2.24, 2.45) is 11.8 Å². The molecule has 3 rings (SSSR count). The van der Waals surface area contributed by atoms with Crippen molar-refractivity contribution in [1.29, 1.82) is 0 Å². The fraction of sp³-hybridized carbons (Fsp3) is 0.529. The number of ether oxygens (including phenoxy) is 1. The number of hydrogen-bond acceptors (Lipinski definition) is 4. The van der Waals surface area contributed by atoms with Crippen LogP contribution in [0.25, 0.3) is 11.0 Å². The van der Waals surface area contributed by atoms with E-state index in [9.17, 15) is 4.79 Å². The van der Waals surface area contributed by atoms with Gasteiger partial charge >= 0.3 is 5.97 Å². The molecule has 0 bridgehead atoms. The normalized spacial score (nSPS) is 22.3. The molecule has 0 amide bonds. The first-order valence-electron chi connectivity index (χ1n) is 7.98. The number of carboxylic acids is 1. The first kappa shape index (κ1) is 15.8. The van der Waals surface area contributed by atoms with Gasteiger partial charge in [0.1, 0.15) is 11.6 Å². The SMILES string of the molecule is COc1ccc2nc(C[C@H]3CN(C)CC[C@H]3CC(=O)O)[nH]c2c1. The quantitative estimate of drug-likeness (QED) is 0.883. The highest BCUT2D eigenvalue weighted by Crippen LogP contribution is 2.29. The van der Waals surface area contributed by atoms with Crippen LogP contribution in [-0.2, 0) is 11.2 Å². The van der Waals surface area contributed by atoms with Gasteiger partial charge in [0.2, 0.25) is 0 Å². The summed E-state index contributed by atoms with van der Waals surface area (Å²) in [5, 5.41) is 9.14. The highest BCUT2D eigenvalue weighted by molar-refractivity contribution is 5.76. The van der Waals surface area contributed by atoms with E-state index in [1.165, 1.54) is 0 Å². The molecule has 6 nitrogen and oxygen atoms in total. The van der Waals surface area contributed by atoms with Gasteiger partial charge in [-0.1, -0.05) is 0 Å². The minimum atomic E-state index is -0.709. The number of carbonyl (C=O) groups is 1. The van der Waals surface area contributed by atoms with Crippen LogP contribution < -0.4 is 4.74 Å². The number of hydrogen-bond donors (Lipinski definition) is 2. The zero-order chi connectivity index (χ0) is 16.4. The monoisotopic (exact) mass is 317 g/mol. The summed E-state index contributed by atoms with van der Waals surface area (Å²) in [5.74, 6) is 1.54. The molecule has 2 heterocycles. The number of aromatic amines is 1. The Bertz CT molecular complexity index is 697. The number of H-pyrrole nitrogens is 1. The highest BCUT2D eigenvalue weighted by Gasteiger charge is 2.30. The van der Waals surface area contributed by atoms with E-state index < -0.39 is 5.97 Å². The Morgan fingerprint density at radius 1 is 1.48 bits per heavy atom. The van der Waals surface area contributed by atoms with E-state index in [0.29, 0.717) is 5.92 Å². The lowest BCUT2D eigenvalue weighted by molar-refractivity contribution is -0.139. The summed E-state index contributed by atoms with van der Waals surface area (Å²) in [7, 11) is 3.74. The molecule has 1 aromatic carbocycles. The Morgan fingerprint density at radius 2 is 2.30 bits per heavy atom. The van der Waals surface area contributed by atoms with E-state index in [1.807, 2.05) is 18.2 Å². The summed E-state index contributed by atoms with van der Waals surface area (Å²) in [6.07, 6.45) is 1.95. The van der Waals surface area contributed by atoms with E-state index in [4.69, 9.17) is 9.84 Å². The molecule has 1 saturated heterocycles. The highest BCUT2D eigenvalue weighted by atomic mass is 16.5. The predicted octanol–water partition coefficient (Wildman–Crippen LogP) is 2.16. The summed E-state index contributed by atoms with van der Waals surface area (Å²) in [5.41, 5.74) is 1.87. The number of imidazole rings is 1. The summed E-state index contributed by atoms with van der Waals surface area (Å²) in [6.45, 7) is 1.88. The first-order chi connectivity index (χ1) is 11.0. The molecule has 0 spiro atoms. The number of likely N-dealkylation sites (tertiary alicyclic amines) is 1. The van der Waals surface area contributed by atoms with Crippen molar-refractivity contribution in [3.63, 3.8) is 0 Å². The van der Waals surface area contributed by atoms with Crippen molar-refractivity contribution in [1.82, 2.24) is 14.9 Å². The molecular formula is C17H23N3O3. The largest absolute Gasteiger partial charge is 0.497 e. The molecule has 2 N–H and O–H groups in total. The number of aromatic nitrogens is 2. The summed E-state index contributed by atoms with van der Waals surface area (Å²) >= 11 is 0. The second-order valence-corrected chi connectivity index (χ2v) is 6.44. The van der Waals surface area contributed by atoms with E-state index in [1.54, 1.807) is 7.11 Å². The van der Waals surface area contributed by atoms with Crippen LogP contribution >= 0.6 is 0 Å². The van der Waals surface area contributed by atoms with Crippen molar-refractivity contribution >= 4 is 17.0 Å². The van der Waals surface area contributed by atoms with Crippen LogP contribution in [0.3, 0.4) is 0 Å². The molecule has 1 aliphatic heterocycles. The summed E-state index contributed by atoms with van der Waals surface area (Å²) in [6, 6.07) is 5.78.